The summed E-state index contributed by atoms with van der Waals surface area (Å²) in [5.41, 5.74) is 0.226. The van der Waals surface area contributed by atoms with E-state index in [4.69, 9.17) is 0 Å². The highest BCUT2D eigenvalue weighted by Gasteiger charge is 2.38. The van der Waals surface area contributed by atoms with Crippen LogP contribution in [0.25, 0.3) is 0 Å². The average Bonchev–Trinajstić information content (AvgIpc) is 3.53. The first-order valence-corrected chi connectivity index (χ1v) is 13.0. The van der Waals surface area contributed by atoms with Crippen molar-refractivity contribution >= 4 is 23.5 Å². The van der Waals surface area contributed by atoms with Gasteiger partial charge in [-0.15, -0.1) is 0 Å². The van der Waals surface area contributed by atoms with Gasteiger partial charge in [0.2, 0.25) is 17.7 Å². The SMILES string of the molecule is CC(=O)N(C)[C@H]1CCN(C(=O)C(C)(C)n2cnc(NC(=O)C(C)NC3CCc4cc(F)cc(F)c4C3)c2)C1. The summed E-state index contributed by atoms with van der Waals surface area (Å²) in [6, 6.07) is 1.56. The zero-order valence-corrected chi connectivity index (χ0v) is 22.6. The van der Waals surface area contributed by atoms with Crippen molar-refractivity contribution in [3.63, 3.8) is 0 Å². The number of imidazole rings is 1. The van der Waals surface area contributed by atoms with Gasteiger partial charge in [-0.1, -0.05) is 0 Å². The van der Waals surface area contributed by atoms with Crippen LogP contribution in [0.5, 0.6) is 0 Å². The van der Waals surface area contributed by atoms with E-state index in [0.29, 0.717) is 49.3 Å². The summed E-state index contributed by atoms with van der Waals surface area (Å²) in [7, 11) is 1.75. The van der Waals surface area contributed by atoms with E-state index in [9.17, 15) is 23.2 Å². The third-order valence-corrected chi connectivity index (χ3v) is 7.84. The molecular weight excluding hydrogens is 494 g/mol. The van der Waals surface area contributed by atoms with Crippen molar-refractivity contribution in [2.45, 2.75) is 77.0 Å². The highest BCUT2D eigenvalue weighted by molar-refractivity contribution is 5.93. The van der Waals surface area contributed by atoms with E-state index < -0.39 is 23.2 Å². The van der Waals surface area contributed by atoms with E-state index in [-0.39, 0.29) is 29.8 Å². The maximum Gasteiger partial charge on any atom is 0.248 e. The number of fused-ring (bicyclic) bond motifs is 1. The molecule has 3 atom stereocenters. The molecule has 0 bridgehead atoms. The number of anilines is 1. The van der Waals surface area contributed by atoms with Crippen LogP contribution in [0.1, 0.15) is 51.7 Å². The van der Waals surface area contributed by atoms with Gasteiger partial charge in [0.25, 0.3) is 0 Å². The molecule has 1 aromatic heterocycles. The van der Waals surface area contributed by atoms with Crippen LogP contribution in [0.3, 0.4) is 0 Å². The minimum atomic E-state index is -0.942. The van der Waals surface area contributed by atoms with E-state index in [1.807, 2.05) is 0 Å². The summed E-state index contributed by atoms with van der Waals surface area (Å²) in [5.74, 6) is -1.24. The molecule has 1 aliphatic heterocycles. The molecule has 0 saturated carbocycles. The van der Waals surface area contributed by atoms with E-state index in [1.165, 1.54) is 19.3 Å². The molecule has 3 amide bonds. The second kappa shape index (κ2) is 10.8. The van der Waals surface area contributed by atoms with E-state index in [0.717, 1.165) is 12.5 Å². The predicted octanol–water partition coefficient (Wildman–Crippen LogP) is 2.45. The number of aromatic nitrogens is 2. The summed E-state index contributed by atoms with van der Waals surface area (Å²) < 4.78 is 29.4. The van der Waals surface area contributed by atoms with Crippen molar-refractivity contribution < 1.29 is 23.2 Å². The normalized spacial score (nSPS) is 20.1. The lowest BCUT2D eigenvalue weighted by atomic mass is 9.87. The molecule has 4 rings (SSSR count). The third-order valence-electron chi connectivity index (χ3n) is 7.84. The molecule has 206 valence electrons. The van der Waals surface area contributed by atoms with Gasteiger partial charge in [0.15, 0.2) is 5.82 Å². The number of hydrogen-bond donors (Lipinski definition) is 2. The first-order valence-electron chi connectivity index (χ1n) is 13.0. The monoisotopic (exact) mass is 530 g/mol. The van der Waals surface area contributed by atoms with Gasteiger partial charge in [0, 0.05) is 45.4 Å². The van der Waals surface area contributed by atoms with E-state index >= 15 is 0 Å². The number of carbonyl (C=O) groups excluding carboxylic acids is 3. The van der Waals surface area contributed by atoms with Gasteiger partial charge in [0.05, 0.1) is 18.4 Å². The fraction of sp³-hybridized carbons (Fsp3) is 0.556. The molecule has 9 nitrogen and oxygen atoms in total. The molecule has 0 spiro atoms. The van der Waals surface area contributed by atoms with Gasteiger partial charge in [-0.2, -0.15) is 0 Å². The Kier molecular flexibility index (Phi) is 7.87. The fourth-order valence-electron chi connectivity index (χ4n) is 5.28. The van der Waals surface area contributed by atoms with Gasteiger partial charge in [-0.25, -0.2) is 13.8 Å². The minimum Gasteiger partial charge on any atom is -0.341 e. The Morgan fingerprint density at radius 1 is 1.21 bits per heavy atom. The summed E-state index contributed by atoms with van der Waals surface area (Å²) in [4.78, 5) is 45.6. The van der Waals surface area contributed by atoms with Crippen molar-refractivity contribution in [3.8, 4) is 0 Å². The molecule has 0 radical (unpaired) electrons. The van der Waals surface area contributed by atoms with Crippen LogP contribution in [-0.4, -0.2) is 75.3 Å². The van der Waals surface area contributed by atoms with Crippen LogP contribution in [-0.2, 0) is 32.8 Å². The van der Waals surface area contributed by atoms with Crippen LogP contribution < -0.4 is 10.6 Å². The number of nitrogens with zero attached hydrogens (tertiary/aromatic N) is 4. The van der Waals surface area contributed by atoms with Crippen molar-refractivity contribution in [1.82, 2.24) is 24.7 Å². The number of likely N-dealkylation sites (N-methyl/N-ethyl adjacent to an activating group) is 1. The summed E-state index contributed by atoms with van der Waals surface area (Å²) in [5, 5.41) is 6.02. The lowest BCUT2D eigenvalue weighted by molar-refractivity contribution is -0.139. The third kappa shape index (κ3) is 5.72. The quantitative estimate of drug-likeness (QED) is 0.573. The smallest absolute Gasteiger partial charge is 0.248 e. The van der Waals surface area contributed by atoms with Gasteiger partial charge >= 0.3 is 0 Å². The number of hydrogen-bond acceptors (Lipinski definition) is 5. The molecule has 2 aliphatic rings. The second-order valence-electron chi connectivity index (χ2n) is 10.9. The lowest BCUT2D eigenvalue weighted by Crippen LogP contribution is -2.47. The largest absolute Gasteiger partial charge is 0.341 e. The van der Waals surface area contributed by atoms with Gasteiger partial charge in [-0.3, -0.25) is 14.4 Å². The van der Waals surface area contributed by atoms with Crippen molar-refractivity contribution in [2.75, 3.05) is 25.5 Å². The lowest BCUT2D eigenvalue weighted by Gasteiger charge is -2.31. The predicted molar refractivity (Wildman–Crippen MR) is 138 cm³/mol. The summed E-state index contributed by atoms with van der Waals surface area (Å²) in [6.07, 6.45) is 5.44. The minimum absolute atomic E-state index is 0.00539. The first kappa shape index (κ1) is 27.7. The molecule has 1 saturated heterocycles. The molecule has 2 N–H and O–H groups in total. The zero-order valence-electron chi connectivity index (χ0n) is 22.6. The van der Waals surface area contributed by atoms with Crippen LogP contribution in [0.2, 0.25) is 0 Å². The Hall–Kier alpha value is -3.34. The highest BCUT2D eigenvalue weighted by Crippen LogP contribution is 2.26. The highest BCUT2D eigenvalue weighted by atomic mass is 19.1. The second-order valence-corrected chi connectivity index (χ2v) is 10.9. The number of rotatable bonds is 7. The first-order chi connectivity index (χ1) is 17.9. The van der Waals surface area contributed by atoms with E-state index in [1.54, 1.807) is 48.4 Å². The molecule has 1 aromatic carbocycles. The van der Waals surface area contributed by atoms with Gasteiger partial charge in [0.1, 0.15) is 17.2 Å². The van der Waals surface area contributed by atoms with E-state index in [2.05, 4.69) is 15.6 Å². The van der Waals surface area contributed by atoms with Gasteiger partial charge in [-0.05, 0) is 63.6 Å². The molecule has 11 heteroatoms. The number of halogens is 2. The van der Waals surface area contributed by atoms with Crippen LogP contribution in [0.4, 0.5) is 14.6 Å². The Morgan fingerprint density at radius 2 is 1.95 bits per heavy atom. The molecule has 1 aliphatic carbocycles. The fourth-order valence-corrected chi connectivity index (χ4v) is 5.28. The number of benzene rings is 1. The Bertz CT molecular complexity index is 1230. The summed E-state index contributed by atoms with van der Waals surface area (Å²) >= 11 is 0. The number of amides is 3. The standard InChI is InChI=1S/C27H36F2N6O3/c1-16(31-20-7-6-18-10-19(28)11-23(29)22(18)12-20)25(37)32-24-14-35(15-30-24)27(3,4)26(38)34-9-8-21(13-34)33(5)17(2)36/h10-11,14-16,20-21,31H,6-9,12-13H2,1-5H3,(H,32,37)/t16?,20?,21-/m0/s1. The Balaban J connectivity index is 1.33. The average molecular weight is 531 g/mol. The number of likely N-dealkylation sites (tertiary alicyclic amines) is 1. The topological polar surface area (TPSA) is 99.6 Å². The van der Waals surface area contributed by atoms with Crippen LogP contribution in [0, 0.1) is 11.6 Å². The van der Waals surface area contributed by atoms with Crippen molar-refractivity contribution in [1.29, 1.82) is 0 Å². The maximum absolute atomic E-state index is 14.2. The number of aryl methyl sites for hydroxylation is 1. The van der Waals surface area contributed by atoms with Crippen LogP contribution >= 0.6 is 0 Å². The number of carbonyl (C=O) groups is 3. The van der Waals surface area contributed by atoms with Crippen molar-refractivity contribution in [2.24, 2.45) is 0 Å². The maximum atomic E-state index is 14.2. The molecular formula is C27H36F2N6O3. The Labute approximate surface area is 221 Å². The molecule has 2 heterocycles. The molecule has 2 unspecified atom stereocenters. The molecule has 38 heavy (non-hydrogen) atoms. The zero-order chi connectivity index (χ0) is 27.8. The Morgan fingerprint density at radius 3 is 2.66 bits per heavy atom. The van der Waals surface area contributed by atoms with Crippen LogP contribution in [0.15, 0.2) is 24.7 Å². The molecule has 2 aromatic rings. The molecule has 1 fully saturated rings. The summed E-state index contributed by atoms with van der Waals surface area (Å²) in [6.45, 7) is 7.86. The van der Waals surface area contributed by atoms with Gasteiger partial charge < -0.3 is 25.0 Å². The van der Waals surface area contributed by atoms with Crippen molar-refractivity contribution in [3.05, 3.63) is 47.4 Å². The number of nitrogens with one attached hydrogen (secondary N) is 2.